The number of likely N-dealkylation sites (tertiary alicyclic amines) is 1. The van der Waals surface area contributed by atoms with Crippen LogP contribution in [0.1, 0.15) is 41.6 Å². The topological polar surface area (TPSA) is 52.6 Å². The zero-order chi connectivity index (χ0) is 21.6. The number of nitrogens with zero attached hydrogens (tertiary/aromatic N) is 3. The summed E-state index contributed by atoms with van der Waals surface area (Å²) in [5.41, 5.74) is 1.57. The molecule has 0 radical (unpaired) electrons. The van der Waals surface area contributed by atoms with E-state index in [2.05, 4.69) is 56.7 Å². The molecule has 1 aliphatic heterocycles. The van der Waals surface area contributed by atoms with Crippen LogP contribution in [0.25, 0.3) is 0 Å². The molecule has 2 heterocycles. The van der Waals surface area contributed by atoms with Gasteiger partial charge in [0.1, 0.15) is 5.01 Å². The van der Waals surface area contributed by atoms with Crippen LogP contribution in [0.2, 0.25) is 0 Å². The molecule has 2 N–H and O–H groups in total. The van der Waals surface area contributed by atoms with Crippen molar-refractivity contribution in [1.29, 1.82) is 0 Å². The van der Waals surface area contributed by atoms with Crippen LogP contribution in [-0.4, -0.2) is 36.0 Å². The standard InChI is InChI=1S/C21H28F3N5S.HI/c1-15-6-8-29(9-7-15)13-17-5-3-4-16(10-17)11-26-20(25-2)27-12-19-28-18(14-30-19)21(22,23)24;/h3-5,10,14-15H,6-9,11-13H2,1-2H3,(H2,25,26,27);1H. The van der Waals surface area contributed by atoms with Gasteiger partial charge in [-0.15, -0.1) is 35.3 Å². The van der Waals surface area contributed by atoms with Gasteiger partial charge in [-0.05, 0) is 43.0 Å². The lowest BCUT2D eigenvalue weighted by atomic mass is 9.98. The summed E-state index contributed by atoms with van der Waals surface area (Å²) < 4.78 is 38.0. The number of benzene rings is 1. The molecule has 2 aromatic rings. The molecule has 5 nitrogen and oxygen atoms in total. The number of halogens is 4. The van der Waals surface area contributed by atoms with Crippen LogP contribution in [0.3, 0.4) is 0 Å². The van der Waals surface area contributed by atoms with Crippen LogP contribution in [0.15, 0.2) is 34.6 Å². The predicted octanol–water partition coefficient (Wildman–Crippen LogP) is 4.88. The Balaban J connectivity index is 0.00000341. The van der Waals surface area contributed by atoms with Crippen LogP contribution in [-0.2, 0) is 25.8 Å². The molecule has 0 bridgehead atoms. The van der Waals surface area contributed by atoms with Gasteiger partial charge < -0.3 is 10.6 Å². The summed E-state index contributed by atoms with van der Waals surface area (Å²) in [6.45, 7) is 6.33. The normalized spacial score (nSPS) is 16.1. The average molecular weight is 567 g/mol. The average Bonchev–Trinajstić information content (AvgIpc) is 3.20. The van der Waals surface area contributed by atoms with Crippen molar-refractivity contribution >= 4 is 41.3 Å². The van der Waals surface area contributed by atoms with Gasteiger partial charge in [-0.1, -0.05) is 31.2 Å². The van der Waals surface area contributed by atoms with Crippen LogP contribution < -0.4 is 10.6 Å². The molecular formula is C21H29F3IN5S. The fraction of sp³-hybridized carbons (Fsp3) is 0.524. The van der Waals surface area contributed by atoms with Gasteiger partial charge in [-0.3, -0.25) is 9.89 Å². The van der Waals surface area contributed by atoms with E-state index in [0.29, 0.717) is 17.5 Å². The summed E-state index contributed by atoms with van der Waals surface area (Å²) in [6, 6.07) is 8.45. The summed E-state index contributed by atoms with van der Waals surface area (Å²) in [5.74, 6) is 1.34. The number of guanidine groups is 1. The predicted molar refractivity (Wildman–Crippen MR) is 130 cm³/mol. The molecule has 31 heavy (non-hydrogen) atoms. The Labute approximate surface area is 202 Å². The van der Waals surface area contributed by atoms with E-state index in [9.17, 15) is 13.2 Å². The maximum atomic E-state index is 12.7. The molecular weight excluding hydrogens is 538 g/mol. The highest BCUT2D eigenvalue weighted by molar-refractivity contribution is 14.0. The van der Waals surface area contributed by atoms with Crippen molar-refractivity contribution in [2.45, 2.75) is 45.6 Å². The minimum atomic E-state index is -4.41. The maximum Gasteiger partial charge on any atom is 0.434 e. The zero-order valence-corrected chi connectivity index (χ0v) is 20.9. The maximum absolute atomic E-state index is 12.7. The Bertz CT molecular complexity index is 848. The quantitative estimate of drug-likeness (QED) is 0.297. The highest BCUT2D eigenvalue weighted by Gasteiger charge is 2.33. The third kappa shape index (κ3) is 8.23. The Kier molecular flexibility index (Phi) is 10.0. The fourth-order valence-electron chi connectivity index (χ4n) is 3.40. The first-order valence-electron chi connectivity index (χ1n) is 10.1. The number of rotatable bonds is 6. The van der Waals surface area contributed by atoms with Crippen molar-refractivity contribution in [1.82, 2.24) is 20.5 Å². The first-order chi connectivity index (χ1) is 14.3. The Morgan fingerprint density at radius 3 is 2.52 bits per heavy atom. The molecule has 0 aliphatic carbocycles. The number of nitrogens with one attached hydrogen (secondary N) is 2. The number of aromatic nitrogens is 1. The molecule has 0 spiro atoms. The van der Waals surface area contributed by atoms with E-state index in [1.54, 1.807) is 7.05 Å². The SMILES string of the molecule is CN=C(NCc1cccc(CN2CCC(C)CC2)c1)NCc1nc(C(F)(F)F)cs1.I. The van der Waals surface area contributed by atoms with Gasteiger partial charge >= 0.3 is 6.18 Å². The summed E-state index contributed by atoms with van der Waals surface area (Å²) in [5, 5.41) is 7.62. The Morgan fingerprint density at radius 1 is 1.19 bits per heavy atom. The highest BCUT2D eigenvalue weighted by Crippen LogP contribution is 2.29. The zero-order valence-electron chi connectivity index (χ0n) is 17.7. The molecule has 10 heteroatoms. The van der Waals surface area contributed by atoms with Gasteiger partial charge in [-0.25, -0.2) is 4.98 Å². The van der Waals surface area contributed by atoms with Crippen LogP contribution in [0.5, 0.6) is 0 Å². The van der Waals surface area contributed by atoms with Gasteiger partial charge in [0, 0.05) is 25.5 Å². The van der Waals surface area contributed by atoms with Crippen molar-refractivity contribution in [3.63, 3.8) is 0 Å². The van der Waals surface area contributed by atoms with Crippen LogP contribution in [0, 0.1) is 5.92 Å². The third-order valence-electron chi connectivity index (χ3n) is 5.21. The molecule has 1 aromatic heterocycles. The summed E-state index contributed by atoms with van der Waals surface area (Å²) >= 11 is 0.981. The minimum Gasteiger partial charge on any atom is -0.352 e. The van der Waals surface area contributed by atoms with Crippen molar-refractivity contribution in [3.8, 4) is 0 Å². The lowest BCUT2D eigenvalue weighted by Gasteiger charge is -2.30. The number of alkyl halides is 3. The summed E-state index contributed by atoms with van der Waals surface area (Å²) in [6.07, 6.45) is -1.90. The molecule has 0 atom stereocenters. The van der Waals surface area contributed by atoms with E-state index in [-0.39, 0.29) is 30.5 Å². The number of thiazole rings is 1. The smallest absolute Gasteiger partial charge is 0.352 e. The summed E-state index contributed by atoms with van der Waals surface area (Å²) in [7, 11) is 1.63. The van der Waals surface area contributed by atoms with E-state index in [4.69, 9.17) is 0 Å². The first-order valence-corrected chi connectivity index (χ1v) is 11.0. The van der Waals surface area contributed by atoms with E-state index >= 15 is 0 Å². The van der Waals surface area contributed by atoms with E-state index in [0.717, 1.165) is 47.8 Å². The third-order valence-corrected chi connectivity index (χ3v) is 6.06. The Hall–Kier alpha value is -1.40. The van der Waals surface area contributed by atoms with Crippen molar-refractivity contribution in [2.24, 2.45) is 10.9 Å². The second kappa shape index (κ2) is 12.0. The van der Waals surface area contributed by atoms with E-state index in [1.165, 1.54) is 18.4 Å². The molecule has 0 amide bonds. The van der Waals surface area contributed by atoms with E-state index < -0.39 is 11.9 Å². The van der Waals surface area contributed by atoms with Crippen LogP contribution >= 0.6 is 35.3 Å². The molecule has 1 fully saturated rings. The molecule has 1 saturated heterocycles. The summed E-state index contributed by atoms with van der Waals surface area (Å²) in [4.78, 5) is 10.3. The lowest BCUT2D eigenvalue weighted by molar-refractivity contribution is -0.140. The van der Waals surface area contributed by atoms with Gasteiger partial charge in [0.2, 0.25) is 0 Å². The van der Waals surface area contributed by atoms with Gasteiger partial charge in [-0.2, -0.15) is 13.2 Å². The van der Waals surface area contributed by atoms with Crippen molar-refractivity contribution in [3.05, 3.63) is 51.5 Å². The number of hydrogen-bond donors (Lipinski definition) is 2. The molecule has 0 unspecified atom stereocenters. The monoisotopic (exact) mass is 567 g/mol. The molecule has 0 saturated carbocycles. The van der Waals surface area contributed by atoms with Gasteiger partial charge in [0.05, 0.1) is 6.54 Å². The van der Waals surface area contributed by atoms with Crippen LogP contribution in [0.4, 0.5) is 13.2 Å². The van der Waals surface area contributed by atoms with Crippen molar-refractivity contribution < 1.29 is 13.2 Å². The minimum absolute atomic E-state index is 0. The molecule has 172 valence electrons. The molecule has 1 aromatic carbocycles. The largest absolute Gasteiger partial charge is 0.434 e. The molecule has 3 rings (SSSR count). The van der Waals surface area contributed by atoms with Gasteiger partial charge in [0.15, 0.2) is 11.7 Å². The number of aliphatic imine (C=N–C) groups is 1. The number of hydrogen-bond acceptors (Lipinski definition) is 4. The fourth-order valence-corrected chi connectivity index (χ4v) is 4.14. The Morgan fingerprint density at radius 2 is 1.87 bits per heavy atom. The number of piperidine rings is 1. The highest BCUT2D eigenvalue weighted by atomic mass is 127. The van der Waals surface area contributed by atoms with Gasteiger partial charge in [0.25, 0.3) is 0 Å². The second-order valence-electron chi connectivity index (χ2n) is 7.68. The molecule has 1 aliphatic rings. The van der Waals surface area contributed by atoms with E-state index in [1.807, 2.05) is 0 Å². The second-order valence-corrected chi connectivity index (χ2v) is 8.62. The van der Waals surface area contributed by atoms with Crippen molar-refractivity contribution in [2.75, 3.05) is 20.1 Å². The lowest BCUT2D eigenvalue weighted by Crippen LogP contribution is -2.36. The first kappa shape index (κ1) is 25.9.